The van der Waals surface area contributed by atoms with Gasteiger partial charge in [0, 0.05) is 30.3 Å². The molecule has 0 radical (unpaired) electrons. The van der Waals surface area contributed by atoms with E-state index in [-0.39, 0.29) is 6.04 Å². The van der Waals surface area contributed by atoms with E-state index in [1.165, 1.54) is 17.7 Å². The summed E-state index contributed by atoms with van der Waals surface area (Å²) in [4.78, 5) is 2.28. The van der Waals surface area contributed by atoms with Crippen LogP contribution >= 0.6 is 11.6 Å². The summed E-state index contributed by atoms with van der Waals surface area (Å²) in [5, 5.41) is 0.821. The number of anilines is 1. The predicted molar refractivity (Wildman–Crippen MR) is 81.5 cm³/mol. The molecular weight excluding hydrogens is 244 g/mol. The van der Waals surface area contributed by atoms with Crippen molar-refractivity contribution < 1.29 is 0 Å². The van der Waals surface area contributed by atoms with Crippen molar-refractivity contribution in [1.82, 2.24) is 0 Å². The summed E-state index contributed by atoms with van der Waals surface area (Å²) >= 11 is 6.30. The second kappa shape index (κ2) is 7.01. The van der Waals surface area contributed by atoms with Crippen molar-refractivity contribution >= 4 is 17.3 Å². The third kappa shape index (κ3) is 4.51. The molecule has 1 aromatic rings. The Hall–Kier alpha value is -0.730. The van der Waals surface area contributed by atoms with Crippen LogP contribution in [0.3, 0.4) is 0 Å². The van der Waals surface area contributed by atoms with Crippen LogP contribution in [0.2, 0.25) is 5.02 Å². The largest absolute Gasteiger partial charge is 0.374 e. The van der Waals surface area contributed by atoms with Crippen LogP contribution in [-0.2, 0) is 6.42 Å². The smallest absolute Gasteiger partial charge is 0.0459 e. The van der Waals surface area contributed by atoms with Gasteiger partial charge in [-0.3, -0.25) is 0 Å². The lowest BCUT2D eigenvalue weighted by atomic mass is 10.0. The molecule has 0 saturated heterocycles. The number of benzene rings is 1. The summed E-state index contributed by atoms with van der Waals surface area (Å²) < 4.78 is 0. The molecular formula is C15H25ClN2. The number of nitrogens with zero attached hydrogens (tertiary/aromatic N) is 1. The highest BCUT2D eigenvalue weighted by molar-refractivity contribution is 6.31. The highest BCUT2D eigenvalue weighted by Crippen LogP contribution is 2.28. The van der Waals surface area contributed by atoms with E-state index < -0.39 is 0 Å². The first-order valence-corrected chi connectivity index (χ1v) is 7.03. The van der Waals surface area contributed by atoms with Crippen LogP contribution in [0, 0.1) is 5.92 Å². The summed E-state index contributed by atoms with van der Waals surface area (Å²) in [7, 11) is 2.12. The molecule has 2 nitrogen and oxygen atoms in total. The minimum atomic E-state index is 0.127. The Morgan fingerprint density at radius 1 is 1.28 bits per heavy atom. The molecule has 0 heterocycles. The van der Waals surface area contributed by atoms with Gasteiger partial charge in [0.2, 0.25) is 0 Å². The zero-order chi connectivity index (χ0) is 13.7. The Kier molecular flexibility index (Phi) is 5.97. The maximum atomic E-state index is 6.30. The second-order valence-electron chi connectivity index (χ2n) is 5.52. The first-order chi connectivity index (χ1) is 8.41. The molecule has 0 aliphatic carbocycles. The molecule has 18 heavy (non-hydrogen) atoms. The fourth-order valence-corrected chi connectivity index (χ4v) is 2.25. The molecule has 0 aromatic heterocycles. The normalized spacial score (nSPS) is 12.8. The van der Waals surface area contributed by atoms with Gasteiger partial charge < -0.3 is 10.6 Å². The summed E-state index contributed by atoms with van der Waals surface area (Å²) in [5.41, 5.74) is 8.28. The SMILES string of the molecule is CC(C)CCN(C)c1cccc(Cl)c1CC(C)N. The maximum absolute atomic E-state index is 6.30. The molecule has 1 unspecified atom stereocenters. The lowest BCUT2D eigenvalue weighted by molar-refractivity contribution is 0.584. The van der Waals surface area contributed by atoms with E-state index in [1.807, 2.05) is 19.1 Å². The maximum Gasteiger partial charge on any atom is 0.0459 e. The van der Waals surface area contributed by atoms with E-state index in [0.29, 0.717) is 5.92 Å². The van der Waals surface area contributed by atoms with Crippen molar-refractivity contribution in [3.63, 3.8) is 0 Å². The van der Waals surface area contributed by atoms with Crippen molar-refractivity contribution in [2.75, 3.05) is 18.5 Å². The van der Waals surface area contributed by atoms with Crippen molar-refractivity contribution in [3.05, 3.63) is 28.8 Å². The average Bonchev–Trinajstić information content (AvgIpc) is 2.28. The quantitative estimate of drug-likeness (QED) is 0.852. The fraction of sp³-hybridized carbons (Fsp3) is 0.600. The molecule has 3 heteroatoms. The van der Waals surface area contributed by atoms with Crippen LogP contribution in [0.5, 0.6) is 0 Å². The number of nitrogens with two attached hydrogens (primary N) is 1. The molecule has 2 N–H and O–H groups in total. The lowest BCUT2D eigenvalue weighted by Gasteiger charge is -2.24. The van der Waals surface area contributed by atoms with Gasteiger partial charge in [0.15, 0.2) is 0 Å². The topological polar surface area (TPSA) is 29.3 Å². The van der Waals surface area contributed by atoms with Crippen LogP contribution < -0.4 is 10.6 Å². The molecule has 0 saturated carbocycles. The highest BCUT2D eigenvalue weighted by Gasteiger charge is 2.12. The van der Waals surface area contributed by atoms with Gasteiger partial charge >= 0.3 is 0 Å². The lowest BCUT2D eigenvalue weighted by Crippen LogP contribution is -2.24. The standard InChI is InChI=1S/C15H25ClN2/c1-11(2)8-9-18(4)15-7-5-6-14(16)13(15)10-12(3)17/h5-7,11-12H,8-10,17H2,1-4H3. The van der Waals surface area contributed by atoms with Crippen molar-refractivity contribution in [2.45, 2.75) is 39.7 Å². The number of hydrogen-bond donors (Lipinski definition) is 1. The Balaban J connectivity index is 2.89. The second-order valence-corrected chi connectivity index (χ2v) is 5.93. The minimum Gasteiger partial charge on any atom is -0.374 e. The summed E-state index contributed by atoms with van der Waals surface area (Å²) in [6, 6.07) is 6.21. The summed E-state index contributed by atoms with van der Waals surface area (Å²) in [6.45, 7) is 7.55. The molecule has 0 aliphatic rings. The van der Waals surface area contributed by atoms with E-state index >= 15 is 0 Å². The Morgan fingerprint density at radius 3 is 2.50 bits per heavy atom. The van der Waals surface area contributed by atoms with Crippen LogP contribution in [0.15, 0.2) is 18.2 Å². The van der Waals surface area contributed by atoms with Gasteiger partial charge in [-0.05, 0) is 43.4 Å². The highest BCUT2D eigenvalue weighted by atomic mass is 35.5. The first kappa shape index (κ1) is 15.3. The first-order valence-electron chi connectivity index (χ1n) is 6.66. The van der Waals surface area contributed by atoms with Gasteiger partial charge in [-0.2, -0.15) is 0 Å². The van der Waals surface area contributed by atoms with Crippen LogP contribution in [0.1, 0.15) is 32.8 Å². The third-order valence-corrected chi connectivity index (χ3v) is 3.43. The van der Waals surface area contributed by atoms with Crippen molar-refractivity contribution in [3.8, 4) is 0 Å². The van der Waals surface area contributed by atoms with E-state index in [9.17, 15) is 0 Å². The van der Waals surface area contributed by atoms with Crippen LogP contribution in [-0.4, -0.2) is 19.6 Å². The number of hydrogen-bond acceptors (Lipinski definition) is 2. The van der Waals surface area contributed by atoms with Crippen molar-refractivity contribution in [1.29, 1.82) is 0 Å². The van der Waals surface area contributed by atoms with Gasteiger partial charge in [0.25, 0.3) is 0 Å². The zero-order valence-electron chi connectivity index (χ0n) is 11.9. The summed E-state index contributed by atoms with van der Waals surface area (Å²) in [6.07, 6.45) is 2.00. The molecule has 0 bridgehead atoms. The average molecular weight is 269 g/mol. The van der Waals surface area contributed by atoms with Gasteiger partial charge in [-0.15, -0.1) is 0 Å². The monoisotopic (exact) mass is 268 g/mol. The minimum absolute atomic E-state index is 0.127. The van der Waals surface area contributed by atoms with Crippen molar-refractivity contribution in [2.24, 2.45) is 11.7 Å². The molecule has 1 atom stereocenters. The molecule has 0 spiro atoms. The van der Waals surface area contributed by atoms with Gasteiger partial charge in [0.05, 0.1) is 0 Å². The van der Waals surface area contributed by atoms with Crippen LogP contribution in [0.4, 0.5) is 5.69 Å². The van der Waals surface area contributed by atoms with Gasteiger partial charge in [-0.1, -0.05) is 31.5 Å². The molecule has 1 aromatic carbocycles. The number of halogens is 1. The molecule has 102 valence electrons. The van der Waals surface area contributed by atoms with Crippen LogP contribution in [0.25, 0.3) is 0 Å². The van der Waals surface area contributed by atoms with Gasteiger partial charge in [0.1, 0.15) is 0 Å². The molecule has 1 rings (SSSR count). The third-order valence-electron chi connectivity index (χ3n) is 3.07. The molecule has 0 fully saturated rings. The van der Waals surface area contributed by atoms with E-state index in [1.54, 1.807) is 0 Å². The predicted octanol–water partition coefficient (Wildman–Crippen LogP) is 3.71. The Bertz CT molecular complexity index is 375. The van der Waals surface area contributed by atoms with Gasteiger partial charge in [-0.25, -0.2) is 0 Å². The van der Waals surface area contributed by atoms with E-state index in [0.717, 1.165) is 18.0 Å². The number of rotatable bonds is 6. The molecule has 0 amide bonds. The summed E-state index contributed by atoms with van der Waals surface area (Å²) in [5.74, 6) is 0.712. The fourth-order valence-electron chi connectivity index (χ4n) is 2.00. The Morgan fingerprint density at radius 2 is 1.94 bits per heavy atom. The van der Waals surface area contributed by atoms with E-state index in [2.05, 4.69) is 31.9 Å². The Labute approximate surface area is 116 Å². The zero-order valence-corrected chi connectivity index (χ0v) is 12.7. The van der Waals surface area contributed by atoms with E-state index in [4.69, 9.17) is 17.3 Å². The molecule has 0 aliphatic heterocycles.